The zero-order chi connectivity index (χ0) is 22.4. The third kappa shape index (κ3) is 11.9. The number of nitrogens with one attached hydrogen (secondary N) is 3. The van der Waals surface area contributed by atoms with Gasteiger partial charge in [0.1, 0.15) is 12.1 Å². The molecule has 3 unspecified atom stereocenters. The van der Waals surface area contributed by atoms with Crippen LogP contribution in [0, 0.1) is 0 Å². The molecule has 0 aromatic carbocycles. The van der Waals surface area contributed by atoms with E-state index >= 15 is 0 Å². The Balaban J connectivity index is 4.51. The largest absolute Gasteiger partial charge is 0.481 e. The first-order valence-electron chi connectivity index (χ1n) is 9.00. The van der Waals surface area contributed by atoms with Crippen molar-refractivity contribution < 1.29 is 34.2 Å². The highest BCUT2D eigenvalue weighted by atomic mass is 32.1. The molecule has 3 atom stereocenters. The fraction of sp³-hybridized carbons (Fsp3) is 0.688. The van der Waals surface area contributed by atoms with Crippen LogP contribution < -0.4 is 27.4 Å². The first-order chi connectivity index (χ1) is 13.6. The summed E-state index contributed by atoms with van der Waals surface area (Å²) in [5.41, 5.74) is 11.1. The van der Waals surface area contributed by atoms with Crippen LogP contribution >= 0.6 is 12.6 Å². The number of carboxylic acids is 2. The lowest BCUT2D eigenvalue weighted by atomic mass is 10.1. The van der Waals surface area contributed by atoms with Gasteiger partial charge in [0, 0.05) is 12.2 Å². The van der Waals surface area contributed by atoms with Gasteiger partial charge >= 0.3 is 11.9 Å². The molecule has 0 fully saturated rings. The van der Waals surface area contributed by atoms with E-state index in [0.29, 0.717) is 19.4 Å². The van der Waals surface area contributed by atoms with Crippen molar-refractivity contribution >= 4 is 42.3 Å². The predicted molar refractivity (Wildman–Crippen MR) is 106 cm³/mol. The minimum absolute atomic E-state index is 0.0505. The van der Waals surface area contributed by atoms with Gasteiger partial charge in [-0.2, -0.15) is 12.6 Å². The van der Waals surface area contributed by atoms with Gasteiger partial charge in [-0.15, -0.1) is 0 Å². The molecule has 0 saturated heterocycles. The summed E-state index contributed by atoms with van der Waals surface area (Å²) in [4.78, 5) is 57.5. The van der Waals surface area contributed by atoms with E-state index in [0.717, 1.165) is 6.42 Å². The summed E-state index contributed by atoms with van der Waals surface area (Å²) in [7, 11) is 0. The number of hydrogen-bond donors (Lipinski definition) is 8. The monoisotopic (exact) mass is 435 g/mol. The average molecular weight is 436 g/mol. The molecular formula is C16H29N5O7S. The van der Waals surface area contributed by atoms with Gasteiger partial charge in [-0.25, -0.2) is 4.79 Å². The van der Waals surface area contributed by atoms with Crippen molar-refractivity contribution in [2.75, 3.05) is 18.8 Å². The molecular weight excluding hydrogens is 406 g/mol. The minimum Gasteiger partial charge on any atom is -0.481 e. The van der Waals surface area contributed by atoms with Crippen LogP contribution in [0.4, 0.5) is 0 Å². The zero-order valence-electron chi connectivity index (χ0n) is 15.9. The maximum Gasteiger partial charge on any atom is 0.326 e. The number of aliphatic carboxylic acids is 2. The Hall–Kier alpha value is -2.38. The molecule has 0 aromatic rings. The number of carbonyl (C=O) groups excluding carboxylic acids is 3. The summed E-state index contributed by atoms with van der Waals surface area (Å²) in [6, 6.07) is -3.26. The number of amides is 3. The van der Waals surface area contributed by atoms with Gasteiger partial charge in [0.25, 0.3) is 0 Å². The SMILES string of the molecule is NCCCCC(N)C(=O)NC(CS)C(=O)NCC(=O)NC(CCC(=O)O)C(=O)O. The number of rotatable bonds is 15. The lowest BCUT2D eigenvalue weighted by Crippen LogP contribution is -2.54. The zero-order valence-corrected chi connectivity index (χ0v) is 16.8. The number of unbranched alkanes of at least 4 members (excludes halogenated alkanes) is 1. The van der Waals surface area contributed by atoms with Crippen LogP contribution in [0.5, 0.6) is 0 Å². The molecule has 13 heteroatoms. The van der Waals surface area contributed by atoms with Crippen molar-refractivity contribution in [1.82, 2.24) is 16.0 Å². The normalized spacial score (nSPS) is 13.6. The van der Waals surface area contributed by atoms with Crippen LogP contribution in [0.25, 0.3) is 0 Å². The van der Waals surface area contributed by atoms with E-state index in [2.05, 4.69) is 28.6 Å². The van der Waals surface area contributed by atoms with Crippen molar-refractivity contribution in [2.45, 2.75) is 50.2 Å². The Morgan fingerprint density at radius 2 is 1.59 bits per heavy atom. The molecule has 0 radical (unpaired) electrons. The molecule has 0 aromatic heterocycles. The topological polar surface area (TPSA) is 214 Å². The first kappa shape index (κ1) is 26.6. The van der Waals surface area contributed by atoms with Gasteiger partial charge in [-0.05, 0) is 25.8 Å². The van der Waals surface area contributed by atoms with Gasteiger partial charge in [-0.1, -0.05) is 6.42 Å². The summed E-state index contributed by atoms with van der Waals surface area (Å²) in [6.07, 6.45) is 1.04. The average Bonchev–Trinajstić information content (AvgIpc) is 2.66. The Kier molecular flexibility index (Phi) is 13.4. The van der Waals surface area contributed by atoms with E-state index in [1.807, 2.05) is 0 Å². The van der Waals surface area contributed by atoms with Gasteiger partial charge in [0.15, 0.2) is 0 Å². The number of nitrogens with two attached hydrogens (primary N) is 2. The number of carboxylic acid groups (broad SMARTS) is 2. The number of carbonyl (C=O) groups is 5. The van der Waals surface area contributed by atoms with E-state index in [4.69, 9.17) is 21.7 Å². The van der Waals surface area contributed by atoms with Crippen molar-refractivity contribution in [3.63, 3.8) is 0 Å². The van der Waals surface area contributed by atoms with Crippen LogP contribution in [0.2, 0.25) is 0 Å². The van der Waals surface area contributed by atoms with E-state index in [1.54, 1.807) is 0 Å². The fourth-order valence-electron chi connectivity index (χ4n) is 2.17. The molecule has 0 spiro atoms. The second-order valence-corrected chi connectivity index (χ2v) is 6.61. The minimum atomic E-state index is -1.40. The van der Waals surface area contributed by atoms with Crippen molar-refractivity contribution in [1.29, 1.82) is 0 Å². The molecule has 0 aliphatic heterocycles. The quantitative estimate of drug-likeness (QED) is 0.0998. The first-order valence-corrected chi connectivity index (χ1v) is 9.64. The maximum atomic E-state index is 12.1. The summed E-state index contributed by atoms with van der Waals surface area (Å²) >= 11 is 3.99. The molecule has 3 amide bonds. The Bertz CT molecular complexity index is 590. The van der Waals surface area contributed by atoms with Crippen molar-refractivity contribution in [3.8, 4) is 0 Å². The third-order valence-electron chi connectivity index (χ3n) is 3.82. The predicted octanol–water partition coefficient (Wildman–Crippen LogP) is -2.59. The molecule has 0 aliphatic rings. The highest BCUT2D eigenvalue weighted by Gasteiger charge is 2.24. The summed E-state index contributed by atoms with van der Waals surface area (Å²) in [5.74, 6) is -4.71. The van der Waals surface area contributed by atoms with Gasteiger partial charge < -0.3 is 37.6 Å². The van der Waals surface area contributed by atoms with Crippen LogP contribution in [0.15, 0.2) is 0 Å². The molecule has 0 aliphatic carbocycles. The summed E-state index contributed by atoms with van der Waals surface area (Å²) in [5, 5.41) is 24.4. The molecule has 29 heavy (non-hydrogen) atoms. The number of hydrogen-bond acceptors (Lipinski definition) is 8. The Morgan fingerprint density at radius 1 is 0.931 bits per heavy atom. The lowest BCUT2D eigenvalue weighted by Gasteiger charge is -2.19. The molecule has 12 nitrogen and oxygen atoms in total. The smallest absolute Gasteiger partial charge is 0.326 e. The number of thiol groups is 1. The highest BCUT2D eigenvalue weighted by molar-refractivity contribution is 7.80. The van der Waals surface area contributed by atoms with Crippen molar-refractivity contribution in [2.24, 2.45) is 11.5 Å². The molecule has 0 heterocycles. The van der Waals surface area contributed by atoms with Crippen LogP contribution in [-0.4, -0.2) is 76.8 Å². The van der Waals surface area contributed by atoms with Gasteiger partial charge in [0.2, 0.25) is 17.7 Å². The van der Waals surface area contributed by atoms with E-state index in [9.17, 15) is 24.0 Å². The van der Waals surface area contributed by atoms with Crippen molar-refractivity contribution in [3.05, 3.63) is 0 Å². The molecule has 166 valence electrons. The molecule has 0 bridgehead atoms. The maximum absolute atomic E-state index is 12.1. The van der Waals surface area contributed by atoms with Gasteiger partial charge in [0.05, 0.1) is 12.6 Å². The highest BCUT2D eigenvalue weighted by Crippen LogP contribution is 2.00. The van der Waals surface area contributed by atoms with Crippen LogP contribution in [0.1, 0.15) is 32.1 Å². The molecule has 0 saturated carbocycles. The second-order valence-electron chi connectivity index (χ2n) is 6.24. The summed E-state index contributed by atoms with van der Waals surface area (Å²) < 4.78 is 0. The fourth-order valence-corrected chi connectivity index (χ4v) is 2.43. The summed E-state index contributed by atoms with van der Waals surface area (Å²) in [6.45, 7) is -0.0739. The van der Waals surface area contributed by atoms with Crippen LogP contribution in [-0.2, 0) is 24.0 Å². The van der Waals surface area contributed by atoms with Crippen LogP contribution in [0.3, 0.4) is 0 Å². The Labute approximate surface area is 173 Å². The van der Waals surface area contributed by atoms with E-state index in [-0.39, 0.29) is 12.2 Å². The third-order valence-corrected chi connectivity index (χ3v) is 4.19. The van der Waals surface area contributed by atoms with E-state index in [1.165, 1.54) is 0 Å². The lowest BCUT2D eigenvalue weighted by molar-refractivity contribution is -0.143. The Morgan fingerprint density at radius 3 is 2.10 bits per heavy atom. The standard InChI is InChI=1S/C16H29N5O7S/c17-6-2-1-3-9(18)14(25)21-11(8-29)15(26)19-7-12(22)20-10(16(27)28)4-5-13(23)24/h9-11,29H,1-8,17-18H2,(H,19,26)(H,20,22)(H,21,25)(H,23,24)(H,27,28). The second kappa shape index (κ2) is 14.6. The molecule has 0 rings (SSSR count). The van der Waals surface area contributed by atoms with Gasteiger partial charge in [-0.3, -0.25) is 19.2 Å². The molecule has 9 N–H and O–H groups in total. The van der Waals surface area contributed by atoms with E-state index < -0.39 is 60.8 Å².